The third kappa shape index (κ3) is 1.83. The van der Waals surface area contributed by atoms with Gasteiger partial charge in [0.25, 0.3) is 0 Å². The smallest absolute Gasteiger partial charge is 0.0546 e. The van der Waals surface area contributed by atoms with Gasteiger partial charge in [0.15, 0.2) is 0 Å². The molecule has 1 aromatic carbocycles. The van der Waals surface area contributed by atoms with Gasteiger partial charge < -0.3 is 10.8 Å². The van der Waals surface area contributed by atoms with Crippen molar-refractivity contribution >= 4 is 5.69 Å². The Morgan fingerprint density at radius 1 is 1.15 bits per heavy atom. The van der Waals surface area contributed by atoms with Gasteiger partial charge in [-0.1, -0.05) is 12.1 Å². The predicted molar refractivity (Wildman–Crippen MR) is 53.5 cm³/mol. The van der Waals surface area contributed by atoms with Crippen LogP contribution in [-0.4, -0.2) is 11.2 Å². The van der Waals surface area contributed by atoms with Crippen molar-refractivity contribution in [3.05, 3.63) is 29.8 Å². The molecule has 1 aliphatic rings. The summed E-state index contributed by atoms with van der Waals surface area (Å²) in [6, 6.07) is 8.00. The molecule has 0 bridgehead atoms. The summed E-state index contributed by atoms with van der Waals surface area (Å²) in [7, 11) is 0. The molecule has 2 atom stereocenters. The molecular weight excluding hydrogens is 162 g/mol. The monoisotopic (exact) mass is 177 g/mol. The number of aliphatic hydroxyl groups is 1. The number of benzene rings is 1. The first kappa shape index (κ1) is 8.57. The summed E-state index contributed by atoms with van der Waals surface area (Å²) in [4.78, 5) is 0. The topological polar surface area (TPSA) is 46.2 Å². The fourth-order valence-electron chi connectivity index (χ4n) is 2.03. The van der Waals surface area contributed by atoms with Gasteiger partial charge in [-0.05, 0) is 42.9 Å². The zero-order valence-electron chi connectivity index (χ0n) is 7.61. The van der Waals surface area contributed by atoms with Gasteiger partial charge in [-0.25, -0.2) is 0 Å². The highest BCUT2D eigenvalue weighted by atomic mass is 16.3. The molecule has 13 heavy (non-hydrogen) atoms. The van der Waals surface area contributed by atoms with Crippen molar-refractivity contribution in [1.82, 2.24) is 0 Å². The van der Waals surface area contributed by atoms with Crippen LogP contribution in [0.2, 0.25) is 0 Å². The van der Waals surface area contributed by atoms with E-state index in [0.717, 1.165) is 24.9 Å². The van der Waals surface area contributed by atoms with Crippen molar-refractivity contribution in [1.29, 1.82) is 0 Å². The number of hydrogen-bond acceptors (Lipinski definition) is 2. The number of nitrogen functional groups attached to an aromatic ring is 1. The van der Waals surface area contributed by atoms with Crippen molar-refractivity contribution in [3.63, 3.8) is 0 Å². The van der Waals surface area contributed by atoms with Crippen LogP contribution in [-0.2, 0) is 0 Å². The van der Waals surface area contributed by atoms with Crippen molar-refractivity contribution in [3.8, 4) is 0 Å². The first-order valence-corrected chi connectivity index (χ1v) is 4.79. The van der Waals surface area contributed by atoms with E-state index in [4.69, 9.17) is 5.73 Å². The van der Waals surface area contributed by atoms with Crippen LogP contribution >= 0.6 is 0 Å². The summed E-state index contributed by atoms with van der Waals surface area (Å²) in [5.74, 6) is 0.538. The number of aliphatic hydroxyl groups excluding tert-OH is 1. The van der Waals surface area contributed by atoms with E-state index in [1.165, 1.54) is 5.56 Å². The van der Waals surface area contributed by atoms with Crippen molar-refractivity contribution in [2.75, 3.05) is 5.73 Å². The number of nitrogens with two attached hydrogens (primary N) is 1. The van der Waals surface area contributed by atoms with E-state index in [1.54, 1.807) is 0 Å². The molecular formula is C11H15NO. The fourth-order valence-corrected chi connectivity index (χ4v) is 2.03. The largest absolute Gasteiger partial charge is 0.399 e. The minimum absolute atomic E-state index is 0.0949. The molecule has 1 aromatic rings. The summed E-state index contributed by atoms with van der Waals surface area (Å²) in [6.45, 7) is 0. The zero-order valence-corrected chi connectivity index (χ0v) is 7.61. The number of hydrogen-bond donors (Lipinski definition) is 2. The Hall–Kier alpha value is -1.02. The second-order valence-corrected chi connectivity index (χ2v) is 3.83. The minimum atomic E-state index is -0.0949. The second kappa shape index (κ2) is 3.38. The third-order valence-corrected chi connectivity index (χ3v) is 2.81. The van der Waals surface area contributed by atoms with Crippen LogP contribution in [0.1, 0.15) is 30.7 Å². The molecule has 2 rings (SSSR count). The van der Waals surface area contributed by atoms with Crippen LogP contribution in [0.15, 0.2) is 24.3 Å². The minimum Gasteiger partial charge on any atom is -0.399 e. The van der Waals surface area contributed by atoms with E-state index >= 15 is 0 Å². The van der Waals surface area contributed by atoms with E-state index in [-0.39, 0.29) is 6.10 Å². The summed E-state index contributed by atoms with van der Waals surface area (Å²) in [5, 5.41) is 9.39. The van der Waals surface area contributed by atoms with Crippen molar-refractivity contribution < 1.29 is 5.11 Å². The Labute approximate surface area is 78.4 Å². The summed E-state index contributed by atoms with van der Waals surface area (Å²) in [6.07, 6.45) is 2.85. The molecule has 2 heteroatoms. The van der Waals surface area contributed by atoms with Crippen LogP contribution in [0, 0.1) is 0 Å². The summed E-state index contributed by atoms with van der Waals surface area (Å²) >= 11 is 0. The molecule has 1 saturated carbocycles. The lowest BCUT2D eigenvalue weighted by Gasteiger charge is -2.09. The number of rotatable bonds is 1. The molecule has 0 heterocycles. The predicted octanol–water partition coefficient (Wildman–Crippen LogP) is 1.90. The third-order valence-electron chi connectivity index (χ3n) is 2.81. The Morgan fingerprint density at radius 2 is 1.85 bits per heavy atom. The van der Waals surface area contributed by atoms with Gasteiger partial charge in [0, 0.05) is 5.69 Å². The highest BCUT2D eigenvalue weighted by molar-refractivity contribution is 5.40. The fraction of sp³-hybridized carbons (Fsp3) is 0.455. The van der Waals surface area contributed by atoms with Gasteiger partial charge in [-0.15, -0.1) is 0 Å². The summed E-state index contributed by atoms with van der Waals surface area (Å²) in [5.41, 5.74) is 7.72. The Balaban J connectivity index is 2.13. The van der Waals surface area contributed by atoms with E-state index < -0.39 is 0 Å². The van der Waals surface area contributed by atoms with Crippen LogP contribution in [0.3, 0.4) is 0 Å². The van der Waals surface area contributed by atoms with Crippen LogP contribution in [0.4, 0.5) is 5.69 Å². The second-order valence-electron chi connectivity index (χ2n) is 3.83. The molecule has 0 radical (unpaired) electrons. The van der Waals surface area contributed by atoms with Crippen LogP contribution in [0.25, 0.3) is 0 Å². The highest BCUT2D eigenvalue weighted by Crippen LogP contribution is 2.34. The van der Waals surface area contributed by atoms with E-state index in [0.29, 0.717) is 5.92 Å². The molecule has 1 fully saturated rings. The van der Waals surface area contributed by atoms with Gasteiger partial charge in [0.05, 0.1) is 6.10 Å². The van der Waals surface area contributed by atoms with Crippen LogP contribution in [0.5, 0.6) is 0 Å². The molecule has 0 amide bonds. The first-order chi connectivity index (χ1) is 6.25. The van der Waals surface area contributed by atoms with Gasteiger partial charge >= 0.3 is 0 Å². The van der Waals surface area contributed by atoms with Crippen LogP contribution < -0.4 is 5.73 Å². The highest BCUT2D eigenvalue weighted by Gasteiger charge is 2.23. The zero-order chi connectivity index (χ0) is 9.26. The average molecular weight is 177 g/mol. The first-order valence-electron chi connectivity index (χ1n) is 4.79. The molecule has 70 valence electrons. The van der Waals surface area contributed by atoms with Gasteiger partial charge in [0.1, 0.15) is 0 Å². The van der Waals surface area contributed by atoms with Crippen molar-refractivity contribution in [2.45, 2.75) is 31.3 Å². The normalized spacial score (nSPS) is 27.8. The molecule has 1 aliphatic carbocycles. The van der Waals surface area contributed by atoms with Gasteiger partial charge in [-0.2, -0.15) is 0 Å². The van der Waals surface area contributed by atoms with Gasteiger partial charge in [0.2, 0.25) is 0 Å². The maximum absolute atomic E-state index is 9.39. The number of anilines is 1. The molecule has 0 spiro atoms. The maximum Gasteiger partial charge on any atom is 0.0546 e. The molecule has 2 unspecified atom stereocenters. The quantitative estimate of drug-likeness (QED) is 0.643. The van der Waals surface area contributed by atoms with Gasteiger partial charge in [-0.3, -0.25) is 0 Å². The molecule has 0 aliphatic heterocycles. The van der Waals surface area contributed by atoms with E-state index in [9.17, 15) is 5.11 Å². The Morgan fingerprint density at radius 3 is 2.38 bits per heavy atom. The molecule has 2 nitrogen and oxygen atoms in total. The molecule has 3 N–H and O–H groups in total. The maximum atomic E-state index is 9.39. The average Bonchev–Trinajstić information content (AvgIpc) is 2.53. The Bertz CT molecular complexity index is 281. The lowest BCUT2D eigenvalue weighted by atomic mass is 9.97. The molecule has 0 saturated heterocycles. The molecule has 0 aromatic heterocycles. The lowest BCUT2D eigenvalue weighted by Crippen LogP contribution is -1.99. The van der Waals surface area contributed by atoms with E-state index in [2.05, 4.69) is 12.1 Å². The standard InChI is InChI=1S/C11H15NO/c12-10-4-1-8(2-5-10)9-3-6-11(13)7-9/h1-2,4-5,9,11,13H,3,6-7,12H2. The Kier molecular flexibility index (Phi) is 2.23. The lowest BCUT2D eigenvalue weighted by molar-refractivity contribution is 0.181. The van der Waals surface area contributed by atoms with E-state index in [1.807, 2.05) is 12.1 Å². The summed E-state index contributed by atoms with van der Waals surface area (Å²) < 4.78 is 0. The van der Waals surface area contributed by atoms with Crippen molar-refractivity contribution in [2.24, 2.45) is 0 Å². The SMILES string of the molecule is Nc1ccc(C2CCC(O)C2)cc1.